The van der Waals surface area contributed by atoms with Gasteiger partial charge in [0.1, 0.15) is 0 Å². The lowest BCUT2D eigenvalue weighted by atomic mass is 9.93. The van der Waals surface area contributed by atoms with E-state index in [1.165, 1.54) is 0 Å². The van der Waals surface area contributed by atoms with Crippen molar-refractivity contribution in [1.82, 2.24) is 4.90 Å². The Morgan fingerprint density at radius 3 is 2.62 bits per heavy atom. The van der Waals surface area contributed by atoms with Crippen molar-refractivity contribution in [2.24, 2.45) is 11.7 Å². The van der Waals surface area contributed by atoms with Crippen LogP contribution in [0.15, 0.2) is 0 Å². The second-order valence-corrected chi connectivity index (χ2v) is 5.08. The molecule has 1 aliphatic rings. The van der Waals surface area contributed by atoms with Gasteiger partial charge in [-0.1, -0.05) is 0 Å². The molecular weight excluding hydrogens is 208 g/mol. The number of carboxylic acid groups (broad SMARTS) is 1. The highest BCUT2D eigenvalue weighted by Crippen LogP contribution is 2.21. The lowest BCUT2D eigenvalue weighted by Gasteiger charge is -2.35. The molecule has 1 aliphatic heterocycles. The highest BCUT2D eigenvalue weighted by molar-refractivity contribution is 5.85. The van der Waals surface area contributed by atoms with E-state index in [2.05, 4.69) is 0 Å². The van der Waals surface area contributed by atoms with Gasteiger partial charge < -0.3 is 15.7 Å². The van der Waals surface area contributed by atoms with Gasteiger partial charge in [0.2, 0.25) is 5.91 Å². The maximum atomic E-state index is 11.9. The van der Waals surface area contributed by atoms with Crippen molar-refractivity contribution < 1.29 is 14.7 Å². The van der Waals surface area contributed by atoms with E-state index < -0.39 is 11.5 Å². The molecule has 0 aromatic carbocycles. The Hall–Kier alpha value is -1.10. The molecule has 92 valence electrons. The van der Waals surface area contributed by atoms with E-state index in [9.17, 15) is 9.59 Å². The van der Waals surface area contributed by atoms with Gasteiger partial charge in [0.25, 0.3) is 0 Å². The molecule has 5 nitrogen and oxygen atoms in total. The molecule has 0 bridgehead atoms. The van der Waals surface area contributed by atoms with E-state index in [1.54, 1.807) is 18.7 Å². The van der Waals surface area contributed by atoms with Crippen molar-refractivity contribution in [3.63, 3.8) is 0 Å². The summed E-state index contributed by atoms with van der Waals surface area (Å²) in [6.07, 6.45) is 1.87. The summed E-state index contributed by atoms with van der Waals surface area (Å²) in [6, 6.07) is 0. The molecule has 16 heavy (non-hydrogen) atoms. The zero-order valence-electron chi connectivity index (χ0n) is 9.90. The number of hydrogen-bond acceptors (Lipinski definition) is 3. The van der Waals surface area contributed by atoms with Crippen molar-refractivity contribution in [2.75, 3.05) is 13.1 Å². The lowest BCUT2D eigenvalue weighted by Crippen LogP contribution is -2.53. The zero-order valence-corrected chi connectivity index (χ0v) is 9.90. The Balaban J connectivity index is 2.57. The minimum absolute atomic E-state index is 0.0672. The van der Waals surface area contributed by atoms with E-state index in [1.807, 2.05) is 0 Å². The molecule has 1 amide bonds. The summed E-state index contributed by atoms with van der Waals surface area (Å²) in [7, 11) is 0. The molecule has 1 saturated heterocycles. The highest BCUT2D eigenvalue weighted by atomic mass is 16.4. The molecule has 1 unspecified atom stereocenters. The fraction of sp³-hybridized carbons (Fsp3) is 0.818. The fourth-order valence-corrected chi connectivity index (χ4v) is 2.07. The van der Waals surface area contributed by atoms with Gasteiger partial charge in [0.05, 0.1) is 5.54 Å². The average molecular weight is 228 g/mol. The number of carboxylic acids is 1. The van der Waals surface area contributed by atoms with Crippen LogP contribution in [0.3, 0.4) is 0 Å². The van der Waals surface area contributed by atoms with Crippen LogP contribution >= 0.6 is 0 Å². The van der Waals surface area contributed by atoms with Gasteiger partial charge in [-0.2, -0.15) is 0 Å². The van der Waals surface area contributed by atoms with E-state index in [0.29, 0.717) is 13.1 Å². The van der Waals surface area contributed by atoms with Crippen LogP contribution in [0.25, 0.3) is 0 Å². The van der Waals surface area contributed by atoms with Gasteiger partial charge in [-0.15, -0.1) is 0 Å². The minimum atomic E-state index is -0.870. The number of hydrogen-bond donors (Lipinski definition) is 2. The first-order valence-corrected chi connectivity index (χ1v) is 5.60. The van der Waals surface area contributed by atoms with Crippen molar-refractivity contribution in [3.05, 3.63) is 0 Å². The summed E-state index contributed by atoms with van der Waals surface area (Å²) in [4.78, 5) is 24.2. The van der Waals surface area contributed by atoms with Crippen LogP contribution in [0, 0.1) is 5.92 Å². The maximum Gasteiger partial charge on any atom is 0.303 e. The van der Waals surface area contributed by atoms with Crippen molar-refractivity contribution in [2.45, 2.75) is 38.6 Å². The van der Waals surface area contributed by atoms with Crippen molar-refractivity contribution in [1.29, 1.82) is 0 Å². The van der Waals surface area contributed by atoms with Gasteiger partial charge >= 0.3 is 5.97 Å². The van der Waals surface area contributed by atoms with E-state index >= 15 is 0 Å². The van der Waals surface area contributed by atoms with E-state index in [0.717, 1.165) is 12.8 Å². The lowest BCUT2D eigenvalue weighted by molar-refractivity contribution is -0.142. The molecular formula is C11H20N2O3. The number of likely N-dealkylation sites (tertiary alicyclic amines) is 1. The van der Waals surface area contributed by atoms with Gasteiger partial charge in [-0.05, 0) is 32.6 Å². The number of aliphatic carboxylic acids is 1. The zero-order chi connectivity index (χ0) is 12.3. The largest absolute Gasteiger partial charge is 0.481 e. The van der Waals surface area contributed by atoms with Crippen LogP contribution in [0.1, 0.15) is 33.1 Å². The normalized spacial score (nSPS) is 21.9. The molecule has 1 fully saturated rings. The predicted molar refractivity (Wildman–Crippen MR) is 59.8 cm³/mol. The number of carbonyl (C=O) groups excluding carboxylic acids is 1. The minimum Gasteiger partial charge on any atom is -0.481 e. The predicted octanol–water partition coefficient (Wildman–Crippen LogP) is 0.437. The van der Waals surface area contributed by atoms with E-state index in [-0.39, 0.29) is 18.2 Å². The number of amides is 1. The number of carbonyl (C=O) groups is 2. The molecule has 1 heterocycles. The van der Waals surface area contributed by atoms with Crippen LogP contribution < -0.4 is 5.73 Å². The summed E-state index contributed by atoms with van der Waals surface area (Å²) < 4.78 is 0. The molecule has 3 N–H and O–H groups in total. The number of piperidine rings is 1. The molecule has 0 saturated carbocycles. The summed E-state index contributed by atoms with van der Waals surface area (Å²) in [6.45, 7) is 4.56. The molecule has 0 spiro atoms. The maximum absolute atomic E-state index is 11.9. The third-order valence-electron chi connectivity index (χ3n) is 2.82. The van der Waals surface area contributed by atoms with Crippen molar-refractivity contribution >= 4 is 11.9 Å². The topological polar surface area (TPSA) is 83.6 Å². The summed E-state index contributed by atoms with van der Waals surface area (Å²) >= 11 is 0. The molecule has 0 aromatic rings. The first kappa shape index (κ1) is 13.0. The SMILES string of the molecule is CC(C)(N)C(=O)N1CCCC(CC(=O)O)C1. The Morgan fingerprint density at radius 1 is 1.50 bits per heavy atom. The van der Waals surface area contributed by atoms with Gasteiger partial charge in [0.15, 0.2) is 0 Å². The molecule has 1 atom stereocenters. The van der Waals surface area contributed by atoms with Gasteiger partial charge in [-0.3, -0.25) is 9.59 Å². The van der Waals surface area contributed by atoms with Gasteiger partial charge in [-0.25, -0.2) is 0 Å². The number of nitrogens with zero attached hydrogens (tertiary/aromatic N) is 1. The fourth-order valence-electron chi connectivity index (χ4n) is 2.07. The number of nitrogens with two attached hydrogens (primary N) is 1. The summed E-state index contributed by atoms with van der Waals surface area (Å²) in [5.74, 6) is -0.827. The Kier molecular flexibility index (Phi) is 3.91. The van der Waals surface area contributed by atoms with E-state index in [4.69, 9.17) is 10.8 Å². The quantitative estimate of drug-likeness (QED) is 0.734. The molecule has 5 heteroatoms. The first-order chi connectivity index (χ1) is 7.30. The molecule has 0 aromatic heterocycles. The summed E-state index contributed by atoms with van der Waals surface area (Å²) in [5, 5.41) is 8.72. The van der Waals surface area contributed by atoms with Gasteiger partial charge in [0, 0.05) is 19.5 Å². The molecule has 0 aliphatic carbocycles. The average Bonchev–Trinajstić information content (AvgIpc) is 2.14. The summed E-state index contributed by atoms with van der Waals surface area (Å²) in [5.41, 5.74) is 4.88. The molecule has 0 radical (unpaired) electrons. The van der Waals surface area contributed by atoms with Crippen molar-refractivity contribution in [3.8, 4) is 0 Å². The van der Waals surface area contributed by atoms with Crippen LogP contribution in [-0.4, -0.2) is 40.5 Å². The van der Waals surface area contributed by atoms with Crippen LogP contribution in [0.5, 0.6) is 0 Å². The monoisotopic (exact) mass is 228 g/mol. The number of rotatable bonds is 3. The third kappa shape index (κ3) is 3.48. The van der Waals surface area contributed by atoms with Crippen LogP contribution in [-0.2, 0) is 9.59 Å². The second kappa shape index (κ2) is 4.82. The smallest absolute Gasteiger partial charge is 0.303 e. The Morgan fingerprint density at radius 2 is 2.12 bits per heavy atom. The Labute approximate surface area is 95.6 Å². The highest BCUT2D eigenvalue weighted by Gasteiger charge is 2.31. The van der Waals surface area contributed by atoms with Crippen LogP contribution in [0.4, 0.5) is 0 Å². The van der Waals surface area contributed by atoms with Crippen LogP contribution in [0.2, 0.25) is 0 Å². The first-order valence-electron chi connectivity index (χ1n) is 5.60. The molecule has 1 rings (SSSR count). The standard InChI is InChI=1S/C11H20N2O3/c1-11(2,12)10(16)13-5-3-4-8(7-13)6-9(14)15/h8H,3-7,12H2,1-2H3,(H,14,15). The Bertz CT molecular complexity index is 283. The second-order valence-electron chi connectivity index (χ2n) is 5.08. The third-order valence-corrected chi connectivity index (χ3v) is 2.82.